The zero-order valence-electron chi connectivity index (χ0n) is 10.1. The van der Waals surface area contributed by atoms with Gasteiger partial charge in [-0.25, -0.2) is 0 Å². The van der Waals surface area contributed by atoms with E-state index >= 15 is 0 Å². The Bertz CT molecular complexity index is 498. The van der Waals surface area contributed by atoms with Crippen molar-refractivity contribution in [2.45, 2.75) is 32.5 Å². The molecule has 0 bridgehead atoms. The van der Waals surface area contributed by atoms with Gasteiger partial charge in [-0.05, 0) is 31.5 Å². The van der Waals surface area contributed by atoms with Crippen LogP contribution in [0.3, 0.4) is 0 Å². The predicted molar refractivity (Wildman–Crippen MR) is 68.1 cm³/mol. The second-order valence-electron chi connectivity index (χ2n) is 4.16. The molecule has 1 N–H and O–H groups in total. The molecule has 17 heavy (non-hydrogen) atoms. The molecule has 3 heteroatoms. The van der Waals surface area contributed by atoms with Gasteiger partial charge >= 0.3 is 0 Å². The van der Waals surface area contributed by atoms with E-state index in [1.165, 1.54) is 0 Å². The molecule has 2 unspecified atom stereocenters. The summed E-state index contributed by atoms with van der Waals surface area (Å²) in [5.41, 5.74) is 0.906. The minimum atomic E-state index is -0.436. The molecule has 1 heterocycles. The third-order valence-electron chi connectivity index (χ3n) is 2.86. The summed E-state index contributed by atoms with van der Waals surface area (Å²) in [6.45, 7) is 3.81. The highest BCUT2D eigenvalue weighted by molar-refractivity contribution is 5.79. The summed E-state index contributed by atoms with van der Waals surface area (Å²) >= 11 is 0. The number of aromatic nitrogens is 1. The van der Waals surface area contributed by atoms with Gasteiger partial charge in [0.15, 0.2) is 0 Å². The van der Waals surface area contributed by atoms with Gasteiger partial charge in [0, 0.05) is 17.6 Å². The smallest absolute Gasteiger partial charge is 0.122 e. The van der Waals surface area contributed by atoms with Crippen LogP contribution in [-0.4, -0.2) is 22.3 Å². The van der Waals surface area contributed by atoms with Crippen molar-refractivity contribution in [2.24, 2.45) is 0 Å². The van der Waals surface area contributed by atoms with Crippen LogP contribution in [0.15, 0.2) is 36.5 Å². The van der Waals surface area contributed by atoms with Crippen LogP contribution in [0.25, 0.3) is 10.9 Å². The molecule has 2 atom stereocenters. The Balaban J connectivity index is 2.19. The molecule has 0 saturated carbocycles. The van der Waals surface area contributed by atoms with Crippen LogP contribution in [0.1, 0.15) is 20.3 Å². The van der Waals surface area contributed by atoms with E-state index in [0.29, 0.717) is 6.42 Å². The lowest BCUT2D eigenvalue weighted by atomic mass is 10.2. The molecule has 90 valence electrons. The van der Waals surface area contributed by atoms with Crippen LogP contribution in [0, 0.1) is 0 Å². The van der Waals surface area contributed by atoms with E-state index in [9.17, 15) is 5.11 Å². The van der Waals surface area contributed by atoms with Crippen molar-refractivity contribution >= 4 is 10.9 Å². The molecular weight excluding hydrogens is 214 g/mol. The third kappa shape index (κ3) is 2.74. The number of aliphatic hydroxyl groups is 1. The lowest BCUT2D eigenvalue weighted by Gasteiger charge is -2.19. The number of nitrogens with zero attached hydrogens (tertiary/aromatic N) is 1. The van der Waals surface area contributed by atoms with Crippen LogP contribution in [0.5, 0.6) is 5.75 Å². The molecule has 0 saturated heterocycles. The highest BCUT2D eigenvalue weighted by Gasteiger charge is 2.13. The standard InChI is InChI=1S/C14H17NO2/c1-3-14(16)10(2)17-12-7-6-11-5-4-8-15-13(11)9-12/h4-10,14,16H,3H2,1-2H3. The van der Waals surface area contributed by atoms with E-state index in [2.05, 4.69) is 4.98 Å². The van der Waals surface area contributed by atoms with Gasteiger partial charge in [0.1, 0.15) is 11.9 Å². The quantitative estimate of drug-likeness (QED) is 0.879. The average Bonchev–Trinajstić information content (AvgIpc) is 2.37. The van der Waals surface area contributed by atoms with E-state index < -0.39 is 6.10 Å². The van der Waals surface area contributed by atoms with Crippen molar-refractivity contribution in [1.82, 2.24) is 4.98 Å². The second-order valence-corrected chi connectivity index (χ2v) is 4.16. The molecule has 0 spiro atoms. The van der Waals surface area contributed by atoms with Gasteiger partial charge in [0.05, 0.1) is 11.6 Å². The van der Waals surface area contributed by atoms with Crippen molar-refractivity contribution in [3.05, 3.63) is 36.5 Å². The number of ether oxygens (including phenoxy) is 1. The third-order valence-corrected chi connectivity index (χ3v) is 2.86. The summed E-state index contributed by atoms with van der Waals surface area (Å²) < 4.78 is 5.69. The monoisotopic (exact) mass is 231 g/mol. The largest absolute Gasteiger partial charge is 0.488 e. The maximum Gasteiger partial charge on any atom is 0.122 e. The minimum absolute atomic E-state index is 0.207. The Kier molecular flexibility index (Phi) is 3.59. The van der Waals surface area contributed by atoms with Gasteiger partial charge in [0.25, 0.3) is 0 Å². The van der Waals surface area contributed by atoms with E-state index in [4.69, 9.17) is 4.74 Å². The summed E-state index contributed by atoms with van der Waals surface area (Å²) in [4.78, 5) is 4.27. The van der Waals surface area contributed by atoms with E-state index in [1.54, 1.807) is 6.20 Å². The van der Waals surface area contributed by atoms with Gasteiger partial charge in [-0.1, -0.05) is 13.0 Å². The summed E-state index contributed by atoms with van der Waals surface area (Å²) in [6, 6.07) is 9.70. The van der Waals surface area contributed by atoms with Crippen LogP contribution < -0.4 is 4.74 Å². The fraction of sp³-hybridized carbons (Fsp3) is 0.357. The summed E-state index contributed by atoms with van der Waals surface area (Å²) in [7, 11) is 0. The van der Waals surface area contributed by atoms with Crippen LogP contribution in [-0.2, 0) is 0 Å². The molecule has 3 nitrogen and oxygen atoms in total. The highest BCUT2D eigenvalue weighted by Crippen LogP contribution is 2.20. The maximum atomic E-state index is 9.66. The van der Waals surface area contributed by atoms with Gasteiger partial charge < -0.3 is 9.84 Å². The summed E-state index contributed by atoms with van der Waals surface area (Å²) in [5, 5.41) is 10.7. The first-order valence-electron chi connectivity index (χ1n) is 5.90. The Morgan fingerprint density at radius 1 is 1.35 bits per heavy atom. The normalized spacial score (nSPS) is 14.5. The predicted octanol–water partition coefficient (Wildman–Crippen LogP) is 2.77. The number of hydrogen-bond donors (Lipinski definition) is 1. The average molecular weight is 231 g/mol. The summed E-state index contributed by atoms with van der Waals surface area (Å²) in [6.07, 6.45) is 1.80. The van der Waals surface area contributed by atoms with Crippen molar-refractivity contribution in [1.29, 1.82) is 0 Å². The Morgan fingerprint density at radius 2 is 2.18 bits per heavy atom. The molecular formula is C14H17NO2. The van der Waals surface area contributed by atoms with Crippen molar-refractivity contribution in [3.63, 3.8) is 0 Å². The molecule has 0 aliphatic carbocycles. The van der Waals surface area contributed by atoms with Gasteiger partial charge in [-0.3, -0.25) is 4.98 Å². The molecule has 1 aromatic heterocycles. The summed E-state index contributed by atoms with van der Waals surface area (Å²) in [5.74, 6) is 0.746. The zero-order valence-corrected chi connectivity index (χ0v) is 10.1. The first-order chi connectivity index (χ1) is 8.20. The van der Waals surface area contributed by atoms with Crippen molar-refractivity contribution in [2.75, 3.05) is 0 Å². The molecule has 2 aromatic rings. The molecule has 0 amide bonds. The second kappa shape index (κ2) is 5.15. The Morgan fingerprint density at radius 3 is 2.94 bits per heavy atom. The minimum Gasteiger partial charge on any atom is -0.488 e. The highest BCUT2D eigenvalue weighted by atomic mass is 16.5. The fourth-order valence-electron chi connectivity index (χ4n) is 1.74. The number of rotatable bonds is 4. The number of aliphatic hydroxyl groups excluding tert-OH is 1. The zero-order chi connectivity index (χ0) is 12.3. The maximum absolute atomic E-state index is 9.66. The van der Waals surface area contributed by atoms with Crippen LogP contribution in [0.4, 0.5) is 0 Å². The van der Waals surface area contributed by atoms with Crippen LogP contribution in [0.2, 0.25) is 0 Å². The molecule has 0 fully saturated rings. The molecule has 0 aliphatic rings. The first kappa shape index (κ1) is 11.9. The van der Waals surface area contributed by atoms with E-state index in [0.717, 1.165) is 16.7 Å². The number of pyridine rings is 1. The number of fused-ring (bicyclic) bond motifs is 1. The topological polar surface area (TPSA) is 42.4 Å². The Labute approximate surface area is 101 Å². The molecule has 0 aliphatic heterocycles. The Hall–Kier alpha value is -1.61. The lowest BCUT2D eigenvalue weighted by molar-refractivity contribution is 0.0452. The molecule has 1 aromatic carbocycles. The fourth-order valence-corrected chi connectivity index (χ4v) is 1.74. The molecule has 0 radical (unpaired) electrons. The number of benzene rings is 1. The van der Waals surface area contributed by atoms with Crippen LogP contribution >= 0.6 is 0 Å². The molecule has 2 rings (SSSR count). The van der Waals surface area contributed by atoms with Gasteiger partial charge in [0.2, 0.25) is 0 Å². The van der Waals surface area contributed by atoms with E-state index in [1.807, 2.05) is 44.2 Å². The SMILES string of the molecule is CCC(O)C(C)Oc1ccc2cccnc2c1. The lowest BCUT2D eigenvalue weighted by Crippen LogP contribution is -2.27. The van der Waals surface area contributed by atoms with Crippen molar-refractivity contribution in [3.8, 4) is 5.75 Å². The van der Waals surface area contributed by atoms with Gasteiger partial charge in [-0.15, -0.1) is 0 Å². The van der Waals surface area contributed by atoms with Crippen molar-refractivity contribution < 1.29 is 9.84 Å². The van der Waals surface area contributed by atoms with E-state index in [-0.39, 0.29) is 6.10 Å². The van der Waals surface area contributed by atoms with Gasteiger partial charge in [-0.2, -0.15) is 0 Å². The first-order valence-corrected chi connectivity index (χ1v) is 5.90. The number of hydrogen-bond acceptors (Lipinski definition) is 3.